The van der Waals surface area contributed by atoms with Gasteiger partial charge in [0.2, 0.25) is 0 Å². The van der Waals surface area contributed by atoms with Crippen LogP contribution in [0.25, 0.3) is 0 Å². The molecular weight excluding hydrogens is 356 g/mol. The molecule has 5 nitrogen and oxygen atoms in total. The second kappa shape index (κ2) is 7.17. The Hall–Kier alpha value is -1.86. The molecule has 0 bridgehead atoms. The molecule has 1 saturated carbocycles. The van der Waals surface area contributed by atoms with E-state index in [2.05, 4.69) is 10.0 Å². The van der Waals surface area contributed by atoms with Gasteiger partial charge in [-0.05, 0) is 57.0 Å². The van der Waals surface area contributed by atoms with E-state index in [1.807, 2.05) is 6.92 Å². The van der Waals surface area contributed by atoms with Gasteiger partial charge in [0.1, 0.15) is 4.90 Å². The lowest BCUT2D eigenvalue weighted by Crippen LogP contribution is -2.32. The van der Waals surface area contributed by atoms with Crippen molar-refractivity contribution in [3.05, 3.63) is 45.6 Å². The molecule has 0 spiro atoms. The summed E-state index contributed by atoms with van der Waals surface area (Å²) in [5.74, 6) is -0.106. The third-order valence-corrected chi connectivity index (χ3v) is 6.98. The fraction of sp³-hybridized carbons (Fsp3) is 0.389. The molecule has 1 heterocycles. The number of carbonyl (C=O) groups is 1. The lowest BCUT2D eigenvalue weighted by Gasteiger charge is -2.12. The average molecular weight is 379 g/mol. The summed E-state index contributed by atoms with van der Waals surface area (Å²) >= 11 is 1.46. The molecule has 1 aliphatic rings. The number of carbonyl (C=O) groups excluding carboxylic acids is 1. The zero-order valence-electron chi connectivity index (χ0n) is 14.3. The van der Waals surface area contributed by atoms with Crippen molar-refractivity contribution in [1.82, 2.24) is 5.32 Å². The van der Waals surface area contributed by atoms with E-state index >= 15 is 0 Å². The van der Waals surface area contributed by atoms with E-state index in [4.69, 9.17) is 0 Å². The molecule has 2 N–H and O–H groups in total. The molecule has 1 amide bonds. The SMILES string of the molecule is Cc1cc(S(=O)(=O)Nc2ccc(C(=O)NC3CCCC3)cc2)c(C)s1. The average Bonchev–Trinajstić information content (AvgIpc) is 3.17. The second-order valence-electron chi connectivity index (χ2n) is 6.42. The van der Waals surface area contributed by atoms with Crippen LogP contribution in [0.2, 0.25) is 0 Å². The number of nitrogens with one attached hydrogen (secondary N) is 2. The van der Waals surface area contributed by atoms with Crippen LogP contribution in [0.3, 0.4) is 0 Å². The number of hydrogen-bond acceptors (Lipinski definition) is 4. The first kappa shape index (κ1) is 17.9. The van der Waals surface area contributed by atoms with Gasteiger partial charge in [0.05, 0.1) is 0 Å². The van der Waals surface area contributed by atoms with Gasteiger partial charge < -0.3 is 5.32 Å². The number of thiophene rings is 1. The molecule has 1 aliphatic carbocycles. The minimum atomic E-state index is -3.62. The first-order chi connectivity index (χ1) is 11.8. The predicted octanol–water partition coefficient (Wildman–Crippen LogP) is 3.84. The molecule has 3 rings (SSSR count). The Morgan fingerprint density at radius 1 is 1.12 bits per heavy atom. The summed E-state index contributed by atoms with van der Waals surface area (Å²) in [6, 6.07) is 8.47. The Labute approximate surface area is 152 Å². The van der Waals surface area contributed by atoms with Crippen molar-refractivity contribution in [1.29, 1.82) is 0 Å². The van der Waals surface area contributed by atoms with Crippen LogP contribution in [-0.4, -0.2) is 20.4 Å². The van der Waals surface area contributed by atoms with Gasteiger partial charge in [0, 0.05) is 27.0 Å². The van der Waals surface area contributed by atoms with Crippen molar-refractivity contribution in [3.8, 4) is 0 Å². The van der Waals surface area contributed by atoms with Crippen LogP contribution in [0.5, 0.6) is 0 Å². The summed E-state index contributed by atoms with van der Waals surface area (Å²) in [5.41, 5.74) is 0.984. The lowest BCUT2D eigenvalue weighted by atomic mass is 10.1. The maximum absolute atomic E-state index is 12.5. The van der Waals surface area contributed by atoms with Crippen LogP contribution < -0.4 is 10.0 Å². The zero-order chi connectivity index (χ0) is 18.0. The van der Waals surface area contributed by atoms with Crippen LogP contribution in [0.1, 0.15) is 45.8 Å². The van der Waals surface area contributed by atoms with Crippen molar-refractivity contribution in [2.45, 2.75) is 50.5 Å². The Morgan fingerprint density at radius 3 is 2.32 bits per heavy atom. The molecule has 7 heteroatoms. The number of sulfonamides is 1. The van der Waals surface area contributed by atoms with E-state index in [0.29, 0.717) is 16.1 Å². The van der Waals surface area contributed by atoms with Gasteiger partial charge in [-0.1, -0.05) is 12.8 Å². The van der Waals surface area contributed by atoms with Gasteiger partial charge in [0.25, 0.3) is 15.9 Å². The smallest absolute Gasteiger partial charge is 0.262 e. The molecule has 1 fully saturated rings. The first-order valence-electron chi connectivity index (χ1n) is 8.36. The van der Waals surface area contributed by atoms with Gasteiger partial charge in [-0.3, -0.25) is 9.52 Å². The molecule has 0 unspecified atom stereocenters. The first-order valence-corrected chi connectivity index (χ1v) is 10.7. The fourth-order valence-electron chi connectivity index (χ4n) is 3.11. The van der Waals surface area contributed by atoms with E-state index in [0.717, 1.165) is 35.4 Å². The van der Waals surface area contributed by atoms with Crippen LogP contribution in [0.15, 0.2) is 35.2 Å². The number of anilines is 1. The second-order valence-corrected chi connectivity index (χ2v) is 9.53. The molecule has 0 aliphatic heterocycles. The number of aryl methyl sites for hydroxylation is 2. The van der Waals surface area contributed by atoms with Crippen molar-refractivity contribution in [2.75, 3.05) is 4.72 Å². The Kier molecular flexibility index (Phi) is 5.15. The maximum Gasteiger partial charge on any atom is 0.262 e. The van der Waals surface area contributed by atoms with Gasteiger partial charge in [0.15, 0.2) is 0 Å². The van der Waals surface area contributed by atoms with Crippen molar-refractivity contribution in [2.24, 2.45) is 0 Å². The molecule has 0 atom stereocenters. The Balaban J connectivity index is 1.69. The Morgan fingerprint density at radius 2 is 1.76 bits per heavy atom. The summed E-state index contributed by atoms with van der Waals surface area (Å²) in [6.45, 7) is 3.68. The third kappa shape index (κ3) is 4.22. The quantitative estimate of drug-likeness (QED) is 0.830. The number of rotatable bonds is 5. The zero-order valence-corrected chi connectivity index (χ0v) is 16.0. The number of hydrogen-bond donors (Lipinski definition) is 2. The Bertz CT molecular complexity index is 864. The van der Waals surface area contributed by atoms with Gasteiger partial charge in [-0.2, -0.15) is 0 Å². The van der Waals surface area contributed by atoms with Crippen molar-refractivity contribution in [3.63, 3.8) is 0 Å². The highest BCUT2D eigenvalue weighted by Gasteiger charge is 2.20. The van der Waals surface area contributed by atoms with E-state index in [9.17, 15) is 13.2 Å². The minimum absolute atomic E-state index is 0.106. The van der Waals surface area contributed by atoms with E-state index in [1.54, 1.807) is 37.3 Å². The molecule has 0 saturated heterocycles. The van der Waals surface area contributed by atoms with Crippen molar-refractivity contribution >= 4 is 33.0 Å². The minimum Gasteiger partial charge on any atom is -0.349 e. The van der Waals surface area contributed by atoms with Gasteiger partial charge in [-0.15, -0.1) is 11.3 Å². The number of benzene rings is 1. The molecule has 1 aromatic carbocycles. The lowest BCUT2D eigenvalue weighted by molar-refractivity contribution is 0.0938. The molecule has 1 aromatic heterocycles. The standard InChI is InChI=1S/C18H22N2O3S2/c1-12-11-17(13(2)24-12)25(22,23)20-16-9-7-14(8-10-16)18(21)19-15-5-3-4-6-15/h7-11,15,20H,3-6H2,1-2H3,(H,19,21). The summed E-state index contributed by atoms with van der Waals surface area (Å²) in [4.78, 5) is 14.2. The molecule has 25 heavy (non-hydrogen) atoms. The summed E-state index contributed by atoms with van der Waals surface area (Å²) in [6.07, 6.45) is 4.38. The van der Waals surface area contributed by atoms with Gasteiger partial charge in [-0.25, -0.2) is 8.42 Å². The van der Waals surface area contributed by atoms with Crippen LogP contribution in [0.4, 0.5) is 5.69 Å². The van der Waals surface area contributed by atoms with Gasteiger partial charge >= 0.3 is 0 Å². The fourth-order valence-corrected chi connectivity index (χ4v) is 5.73. The van der Waals surface area contributed by atoms with Crippen molar-refractivity contribution < 1.29 is 13.2 Å². The maximum atomic E-state index is 12.5. The largest absolute Gasteiger partial charge is 0.349 e. The molecule has 2 aromatic rings. The highest BCUT2D eigenvalue weighted by Crippen LogP contribution is 2.27. The highest BCUT2D eigenvalue weighted by atomic mass is 32.2. The van der Waals surface area contributed by atoms with Crippen LogP contribution in [0, 0.1) is 13.8 Å². The van der Waals surface area contributed by atoms with E-state index < -0.39 is 10.0 Å². The summed E-state index contributed by atoms with van der Waals surface area (Å²) < 4.78 is 27.6. The summed E-state index contributed by atoms with van der Waals surface area (Å²) in [5, 5.41) is 3.02. The topological polar surface area (TPSA) is 75.3 Å². The monoisotopic (exact) mass is 378 g/mol. The molecule has 0 radical (unpaired) electrons. The van der Waals surface area contributed by atoms with Crippen LogP contribution >= 0.6 is 11.3 Å². The predicted molar refractivity (Wildman–Crippen MR) is 101 cm³/mol. The normalized spacial score (nSPS) is 15.3. The molecule has 134 valence electrons. The van der Waals surface area contributed by atoms with Crippen LogP contribution in [-0.2, 0) is 10.0 Å². The van der Waals surface area contributed by atoms with E-state index in [-0.39, 0.29) is 11.9 Å². The highest BCUT2D eigenvalue weighted by molar-refractivity contribution is 7.93. The third-order valence-electron chi connectivity index (χ3n) is 4.37. The van der Waals surface area contributed by atoms with E-state index in [1.165, 1.54) is 11.3 Å². The summed E-state index contributed by atoms with van der Waals surface area (Å²) in [7, 11) is -3.62. The molecular formula is C18H22N2O3S2. The number of amides is 1.